The molecule has 2 N–H and O–H groups in total. The molecule has 0 atom stereocenters. The van der Waals surface area contributed by atoms with Gasteiger partial charge in [-0.15, -0.1) is 0 Å². The van der Waals surface area contributed by atoms with Crippen LogP contribution in [0, 0.1) is 6.92 Å². The molecule has 0 spiro atoms. The molecule has 5 rings (SSSR count). The van der Waals surface area contributed by atoms with E-state index in [9.17, 15) is 0 Å². The SMILES string of the molecule is Cc1cn2c(-c3cn[nH]c3)cnc2c(Nc2cc(Cc3ccncc3)ns2)n1. The summed E-state index contributed by atoms with van der Waals surface area (Å²) in [6.45, 7) is 1.96. The second kappa shape index (κ2) is 6.86. The van der Waals surface area contributed by atoms with Crippen LogP contribution in [-0.4, -0.2) is 33.9 Å². The average molecular weight is 388 g/mol. The topological polar surface area (TPSA) is 96.7 Å². The molecule has 0 amide bonds. The number of nitrogens with zero attached hydrogens (tertiary/aromatic N) is 6. The normalized spacial score (nSPS) is 11.2. The molecule has 0 radical (unpaired) electrons. The number of pyridine rings is 1. The lowest BCUT2D eigenvalue weighted by atomic mass is 10.1. The lowest BCUT2D eigenvalue weighted by molar-refractivity contribution is 1.08. The molecule has 0 aliphatic heterocycles. The summed E-state index contributed by atoms with van der Waals surface area (Å²) in [6, 6.07) is 6.05. The number of imidazole rings is 1. The van der Waals surface area contributed by atoms with E-state index in [1.165, 1.54) is 17.1 Å². The van der Waals surface area contributed by atoms with E-state index in [2.05, 4.69) is 34.8 Å². The summed E-state index contributed by atoms with van der Waals surface area (Å²) >= 11 is 1.41. The molecule has 8 nitrogen and oxygen atoms in total. The Morgan fingerprint density at radius 2 is 2.11 bits per heavy atom. The number of rotatable bonds is 5. The van der Waals surface area contributed by atoms with Crippen LogP contribution >= 0.6 is 11.5 Å². The first-order valence-corrected chi connectivity index (χ1v) is 9.49. The maximum atomic E-state index is 4.64. The molecule has 0 bridgehead atoms. The zero-order chi connectivity index (χ0) is 18.9. The third-order valence-electron chi connectivity index (χ3n) is 4.34. The number of aromatic nitrogens is 7. The van der Waals surface area contributed by atoms with Gasteiger partial charge in [-0.1, -0.05) is 0 Å². The summed E-state index contributed by atoms with van der Waals surface area (Å²) in [7, 11) is 0. The zero-order valence-corrected chi connectivity index (χ0v) is 15.8. The largest absolute Gasteiger partial charge is 0.328 e. The Kier molecular flexibility index (Phi) is 4.06. The first kappa shape index (κ1) is 16.6. The summed E-state index contributed by atoms with van der Waals surface area (Å²) in [6.07, 6.45) is 11.8. The highest BCUT2D eigenvalue weighted by atomic mass is 32.1. The van der Waals surface area contributed by atoms with E-state index < -0.39 is 0 Å². The van der Waals surface area contributed by atoms with Crippen molar-refractivity contribution in [2.24, 2.45) is 0 Å². The van der Waals surface area contributed by atoms with Crippen LogP contribution in [0.4, 0.5) is 10.8 Å². The highest BCUT2D eigenvalue weighted by Crippen LogP contribution is 2.27. The second-order valence-electron chi connectivity index (χ2n) is 6.39. The van der Waals surface area contributed by atoms with Gasteiger partial charge in [0.2, 0.25) is 0 Å². The predicted octanol–water partition coefficient (Wildman–Crippen LogP) is 3.61. The Morgan fingerprint density at radius 3 is 2.93 bits per heavy atom. The fourth-order valence-corrected chi connectivity index (χ4v) is 3.74. The van der Waals surface area contributed by atoms with Gasteiger partial charge in [0.15, 0.2) is 11.5 Å². The molecule has 28 heavy (non-hydrogen) atoms. The average Bonchev–Trinajstić information content (AvgIpc) is 3.43. The van der Waals surface area contributed by atoms with Crippen LogP contribution in [0.5, 0.6) is 0 Å². The maximum Gasteiger partial charge on any atom is 0.180 e. The Morgan fingerprint density at radius 1 is 1.21 bits per heavy atom. The second-order valence-corrected chi connectivity index (χ2v) is 7.20. The van der Waals surface area contributed by atoms with Gasteiger partial charge < -0.3 is 5.32 Å². The monoisotopic (exact) mass is 388 g/mol. The number of anilines is 2. The first-order valence-electron chi connectivity index (χ1n) is 8.71. The molecule has 0 aliphatic rings. The Hall–Kier alpha value is -3.59. The van der Waals surface area contributed by atoms with E-state index in [-0.39, 0.29) is 0 Å². The van der Waals surface area contributed by atoms with Crippen molar-refractivity contribution in [3.8, 4) is 11.3 Å². The van der Waals surface area contributed by atoms with Crippen LogP contribution in [0.3, 0.4) is 0 Å². The lowest BCUT2D eigenvalue weighted by Gasteiger charge is -2.07. The molecule has 5 aromatic rings. The third-order valence-corrected chi connectivity index (χ3v) is 5.08. The van der Waals surface area contributed by atoms with Crippen molar-refractivity contribution in [2.45, 2.75) is 13.3 Å². The highest BCUT2D eigenvalue weighted by Gasteiger charge is 2.13. The lowest BCUT2D eigenvalue weighted by Crippen LogP contribution is -2.00. The number of H-pyrrole nitrogens is 1. The van der Waals surface area contributed by atoms with Gasteiger partial charge in [0.05, 0.1) is 29.5 Å². The van der Waals surface area contributed by atoms with Crippen molar-refractivity contribution in [3.63, 3.8) is 0 Å². The van der Waals surface area contributed by atoms with Crippen LogP contribution in [0.15, 0.2) is 55.4 Å². The van der Waals surface area contributed by atoms with E-state index in [4.69, 9.17) is 0 Å². The molecule has 5 heterocycles. The molecule has 0 saturated carbocycles. The molecule has 0 aliphatic carbocycles. The predicted molar refractivity (Wildman–Crippen MR) is 108 cm³/mol. The van der Waals surface area contributed by atoms with E-state index >= 15 is 0 Å². The van der Waals surface area contributed by atoms with Crippen LogP contribution in [0.25, 0.3) is 16.9 Å². The van der Waals surface area contributed by atoms with Gasteiger partial charge in [0.1, 0.15) is 5.00 Å². The maximum absolute atomic E-state index is 4.64. The number of hydrogen-bond acceptors (Lipinski definition) is 7. The molecule has 9 heteroatoms. The summed E-state index contributed by atoms with van der Waals surface area (Å²) in [5, 5.41) is 11.2. The number of nitrogens with one attached hydrogen (secondary N) is 2. The van der Waals surface area contributed by atoms with E-state index in [1.807, 2.05) is 48.1 Å². The molecule has 5 aromatic heterocycles. The summed E-state index contributed by atoms with van der Waals surface area (Å²) in [5.74, 6) is 0.703. The minimum absolute atomic E-state index is 0.703. The van der Waals surface area contributed by atoms with Gasteiger partial charge in [-0.05, 0) is 42.2 Å². The number of fused-ring (bicyclic) bond motifs is 1. The molecular formula is C19H16N8S. The third kappa shape index (κ3) is 3.12. The van der Waals surface area contributed by atoms with Crippen LogP contribution in [0.2, 0.25) is 0 Å². The van der Waals surface area contributed by atoms with Crippen LogP contribution < -0.4 is 5.32 Å². The molecular weight excluding hydrogens is 372 g/mol. The zero-order valence-electron chi connectivity index (χ0n) is 15.0. The fourth-order valence-electron chi connectivity index (χ4n) is 3.08. The van der Waals surface area contributed by atoms with Gasteiger partial charge in [-0.3, -0.25) is 14.5 Å². The highest BCUT2D eigenvalue weighted by molar-refractivity contribution is 7.10. The summed E-state index contributed by atoms with van der Waals surface area (Å²) in [4.78, 5) is 13.2. The van der Waals surface area contributed by atoms with Gasteiger partial charge in [-0.25, -0.2) is 9.97 Å². The number of aryl methyl sites for hydroxylation is 1. The Labute approximate surface area is 164 Å². The smallest absolute Gasteiger partial charge is 0.180 e. The van der Waals surface area contributed by atoms with E-state index in [1.54, 1.807) is 18.6 Å². The van der Waals surface area contributed by atoms with E-state index in [0.29, 0.717) is 5.82 Å². The van der Waals surface area contributed by atoms with Crippen molar-refractivity contribution < 1.29 is 0 Å². The molecule has 0 aromatic carbocycles. The number of hydrogen-bond donors (Lipinski definition) is 2. The van der Waals surface area contributed by atoms with Gasteiger partial charge >= 0.3 is 0 Å². The minimum Gasteiger partial charge on any atom is -0.328 e. The summed E-state index contributed by atoms with van der Waals surface area (Å²) in [5.41, 5.74) is 5.76. The van der Waals surface area contributed by atoms with E-state index in [0.717, 1.165) is 39.7 Å². The standard InChI is InChI=1S/C19H16N8S/c1-12-11-27-16(14-8-22-23-9-14)10-21-19(27)18(24-12)25-17-7-15(26-28-17)6-13-2-4-20-5-3-13/h2-5,7-11H,6H2,1H3,(H,22,23)(H,24,25). The van der Waals surface area contributed by atoms with Gasteiger partial charge in [0, 0.05) is 36.8 Å². The van der Waals surface area contributed by atoms with Crippen molar-refractivity contribution in [2.75, 3.05) is 5.32 Å². The van der Waals surface area contributed by atoms with Gasteiger partial charge in [0.25, 0.3) is 0 Å². The molecule has 138 valence electrons. The van der Waals surface area contributed by atoms with Crippen LogP contribution in [-0.2, 0) is 6.42 Å². The molecule has 0 fully saturated rings. The van der Waals surface area contributed by atoms with Crippen LogP contribution in [0.1, 0.15) is 17.0 Å². The quantitative estimate of drug-likeness (QED) is 0.477. The molecule has 0 saturated heterocycles. The van der Waals surface area contributed by atoms with Crippen molar-refractivity contribution >= 4 is 28.0 Å². The van der Waals surface area contributed by atoms with Crippen molar-refractivity contribution in [1.82, 2.24) is 33.9 Å². The minimum atomic E-state index is 0.703. The number of aromatic amines is 1. The molecule has 0 unspecified atom stereocenters. The van der Waals surface area contributed by atoms with Gasteiger partial charge in [-0.2, -0.15) is 9.47 Å². The Bertz CT molecular complexity index is 1220. The van der Waals surface area contributed by atoms with Crippen molar-refractivity contribution in [3.05, 3.63) is 72.3 Å². The fraction of sp³-hybridized carbons (Fsp3) is 0.105. The Balaban J connectivity index is 1.46. The first-order chi connectivity index (χ1) is 13.8. The van der Waals surface area contributed by atoms with Crippen molar-refractivity contribution in [1.29, 1.82) is 0 Å². The summed E-state index contributed by atoms with van der Waals surface area (Å²) < 4.78 is 6.57.